The molecule has 0 spiro atoms. The number of hydrogen-bond acceptors (Lipinski definition) is 2. The molecule has 1 rings (SSSR count). The van der Waals surface area contributed by atoms with Crippen LogP contribution in [-0.4, -0.2) is 10.9 Å². The number of rotatable bonds is 1. The highest BCUT2D eigenvalue weighted by atomic mass is 79.9. The van der Waals surface area contributed by atoms with Crippen molar-refractivity contribution in [3.8, 4) is 0 Å². The highest BCUT2D eigenvalue weighted by Crippen LogP contribution is 2.11. The second-order valence-electron chi connectivity index (χ2n) is 1.70. The van der Waals surface area contributed by atoms with Gasteiger partial charge in [0.05, 0.1) is 0 Å². The minimum atomic E-state index is -0.521. The molecule has 0 fully saturated rings. The molecular weight excluding hydrogens is 231 g/mol. The van der Waals surface area contributed by atoms with Crippen LogP contribution < -0.4 is 5.73 Å². The molecule has 0 bridgehead atoms. The van der Waals surface area contributed by atoms with Gasteiger partial charge < -0.3 is 5.73 Å². The third-order valence-electron chi connectivity index (χ3n) is 0.992. The summed E-state index contributed by atoms with van der Waals surface area (Å²) < 4.78 is 0.627. The SMILES string of the molecule is Cl.NC(=O)c1ncccc1Br. The van der Waals surface area contributed by atoms with Gasteiger partial charge >= 0.3 is 0 Å². The first-order valence-corrected chi connectivity index (χ1v) is 3.41. The van der Waals surface area contributed by atoms with Crippen molar-refractivity contribution in [3.63, 3.8) is 0 Å². The normalized spacial score (nSPS) is 8.45. The van der Waals surface area contributed by atoms with E-state index in [0.29, 0.717) is 4.47 Å². The van der Waals surface area contributed by atoms with E-state index in [1.54, 1.807) is 12.1 Å². The Labute approximate surface area is 78.5 Å². The van der Waals surface area contributed by atoms with E-state index in [2.05, 4.69) is 20.9 Å². The van der Waals surface area contributed by atoms with E-state index in [1.807, 2.05) is 0 Å². The molecule has 1 aromatic heterocycles. The molecule has 0 radical (unpaired) electrons. The molecule has 0 aliphatic carbocycles. The lowest BCUT2D eigenvalue weighted by molar-refractivity contribution is 0.0995. The van der Waals surface area contributed by atoms with Crippen LogP contribution in [0.15, 0.2) is 22.8 Å². The van der Waals surface area contributed by atoms with Crippen LogP contribution in [-0.2, 0) is 0 Å². The van der Waals surface area contributed by atoms with Gasteiger partial charge in [-0.25, -0.2) is 4.98 Å². The molecule has 5 heteroatoms. The molecule has 1 amide bonds. The average Bonchev–Trinajstić information content (AvgIpc) is 1.88. The minimum Gasteiger partial charge on any atom is -0.364 e. The number of carbonyl (C=O) groups is 1. The maximum atomic E-state index is 10.6. The van der Waals surface area contributed by atoms with Gasteiger partial charge in [-0.3, -0.25) is 4.79 Å². The average molecular weight is 237 g/mol. The first-order chi connectivity index (χ1) is 4.72. The lowest BCUT2D eigenvalue weighted by Gasteiger charge is -1.94. The molecule has 1 heterocycles. The van der Waals surface area contributed by atoms with Crippen molar-refractivity contribution in [1.29, 1.82) is 0 Å². The van der Waals surface area contributed by atoms with Crippen LogP contribution in [0.3, 0.4) is 0 Å². The lowest BCUT2D eigenvalue weighted by Crippen LogP contribution is -2.13. The number of nitrogens with zero attached hydrogens (tertiary/aromatic N) is 1. The van der Waals surface area contributed by atoms with Crippen LogP contribution >= 0.6 is 28.3 Å². The smallest absolute Gasteiger partial charge is 0.268 e. The highest BCUT2D eigenvalue weighted by molar-refractivity contribution is 9.10. The van der Waals surface area contributed by atoms with Crippen molar-refractivity contribution in [1.82, 2.24) is 4.98 Å². The zero-order valence-electron chi connectivity index (χ0n) is 5.45. The lowest BCUT2D eigenvalue weighted by atomic mass is 10.3. The Morgan fingerprint density at radius 2 is 2.27 bits per heavy atom. The van der Waals surface area contributed by atoms with Crippen LogP contribution in [0.2, 0.25) is 0 Å². The summed E-state index contributed by atoms with van der Waals surface area (Å²) in [5.74, 6) is -0.521. The molecule has 0 unspecified atom stereocenters. The zero-order chi connectivity index (χ0) is 7.56. The first-order valence-electron chi connectivity index (χ1n) is 2.62. The van der Waals surface area contributed by atoms with E-state index >= 15 is 0 Å². The van der Waals surface area contributed by atoms with E-state index in [0.717, 1.165) is 0 Å². The van der Waals surface area contributed by atoms with Gasteiger partial charge in [-0.1, -0.05) is 0 Å². The van der Waals surface area contributed by atoms with Crippen LogP contribution in [0.4, 0.5) is 0 Å². The maximum absolute atomic E-state index is 10.6. The number of aromatic nitrogens is 1. The van der Waals surface area contributed by atoms with Gasteiger partial charge in [-0.15, -0.1) is 12.4 Å². The standard InChI is InChI=1S/C6H5BrN2O.ClH/c7-4-2-1-3-9-5(4)6(8)10;/h1-3H,(H2,8,10);1H. The number of hydrogen-bond donors (Lipinski definition) is 1. The van der Waals surface area contributed by atoms with E-state index in [9.17, 15) is 4.79 Å². The van der Waals surface area contributed by atoms with Crippen molar-refractivity contribution >= 4 is 34.2 Å². The highest BCUT2D eigenvalue weighted by Gasteiger charge is 2.04. The van der Waals surface area contributed by atoms with E-state index < -0.39 is 5.91 Å². The van der Waals surface area contributed by atoms with E-state index in [4.69, 9.17) is 5.73 Å². The molecule has 0 atom stereocenters. The molecule has 0 aliphatic heterocycles. The summed E-state index contributed by atoms with van der Waals surface area (Å²) in [7, 11) is 0. The molecule has 2 N–H and O–H groups in total. The number of primary amides is 1. The van der Waals surface area contributed by atoms with Gasteiger partial charge in [-0.2, -0.15) is 0 Å². The summed E-state index contributed by atoms with van der Waals surface area (Å²) in [6.07, 6.45) is 1.52. The minimum absolute atomic E-state index is 0. The molecule has 3 nitrogen and oxygen atoms in total. The van der Waals surface area contributed by atoms with Gasteiger partial charge in [0.15, 0.2) is 0 Å². The predicted octanol–water partition coefficient (Wildman–Crippen LogP) is 1.36. The molecule has 0 saturated heterocycles. The molecule has 0 aromatic carbocycles. The number of nitrogens with two attached hydrogens (primary N) is 1. The zero-order valence-corrected chi connectivity index (χ0v) is 7.85. The maximum Gasteiger partial charge on any atom is 0.268 e. The van der Waals surface area contributed by atoms with E-state index in [-0.39, 0.29) is 18.1 Å². The number of amides is 1. The molecule has 11 heavy (non-hydrogen) atoms. The quantitative estimate of drug-likeness (QED) is 0.802. The topological polar surface area (TPSA) is 56.0 Å². The summed E-state index contributed by atoms with van der Waals surface area (Å²) in [5.41, 5.74) is 5.25. The van der Waals surface area contributed by atoms with Gasteiger partial charge in [0.25, 0.3) is 5.91 Å². The fraction of sp³-hybridized carbons (Fsp3) is 0. The Hall–Kier alpha value is -0.610. The Morgan fingerprint density at radius 3 is 2.64 bits per heavy atom. The summed E-state index contributed by atoms with van der Waals surface area (Å²) in [6.45, 7) is 0. The van der Waals surface area contributed by atoms with Crippen molar-refractivity contribution in [2.45, 2.75) is 0 Å². The van der Waals surface area contributed by atoms with Crippen LogP contribution in [0, 0.1) is 0 Å². The Balaban J connectivity index is 0.000001000. The van der Waals surface area contributed by atoms with Gasteiger partial charge in [0.2, 0.25) is 0 Å². The second-order valence-corrected chi connectivity index (χ2v) is 2.55. The predicted molar refractivity (Wildman–Crippen MR) is 47.7 cm³/mol. The van der Waals surface area contributed by atoms with Crippen LogP contribution in [0.5, 0.6) is 0 Å². The number of halogens is 2. The largest absolute Gasteiger partial charge is 0.364 e. The molecular formula is C6H6BrClN2O. The fourth-order valence-electron chi connectivity index (χ4n) is 0.567. The van der Waals surface area contributed by atoms with Gasteiger partial charge in [0.1, 0.15) is 5.69 Å². The summed E-state index contributed by atoms with van der Waals surface area (Å²) in [6, 6.07) is 3.43. The Kier molecular flexibility index (Phi) is 4.07. The molecule has 0 saturated carbocycles. The number of carbonyl (C=O) groups excluding carboxylic acids is 1. The third kappa shape index (κ3) is 2.48. The monoisotopic (exact) mass is 236 g/mol. The fourth-order valence-corrected chi connectivity index (χ4v) is 1.02. The first kappa shape index (κ1) is 10.4. The van der Waals surface area contributed by atoms with Crippen molar-refractivity contribution in [2.24, 2.45) is 5.73 Å². The third-order valence-corrected chi connectivity index (χ3v) is 1.63. The van der Waals surface area contributed by atoms with Gasteiger partial charge in [0, 0.05) is 10.7 Å². The van der Waals surface area contributed by atoms with E-state index in [1.165, 1.54) is 6.20 Å². The van der Waals surface area contributed by atoms with Crippen LogP contribution in [0.1, 0.15) is 10.5 Å². The van der Waals surface area contributed by atoms with Crippen molar-refractivity contribution in [3.05, 3.63) is 28.5 Å². The number of pyridine rings is 1. The molecule has 1 aromatic rings. The van der Waals surface area contributed by atoms with Crippen LogP contribution in [0.25, 0.3) is 0 Å². The van der Waals surface area contributed by atoms with Crippen molar-refractivity contribution in [2.75, 3.05) is 0 Å². The summed E-state index contributed by atoms with van der Waals surface area (Å²) >= 11 is 3.13. The Bertz CT molecular complexity index is 267. The summed E-state index contributed by atoms with van der Waals surface area (Å²) in [4.78, 5) is 14.3. The summed E-state index contributed by atoms with van der Waals surface area (Å²) in [5, 5.41) is 0. The second kappa shape index (κ2) is 4.31. The molecule has 0 aliphatic rings. The van der Waals surface area contributed by atoms with Crippen molar-refractivity contribution < 1.29 is 4.79 Å². The van der Waals surface area contributed by atoms with Gasteiger partial charge in [-0.05, 0) is 28.1 Å². The Morgan fingerprint density at radius 1 is 1.64 bits per heavy atom. The molecule has 60 valence electrons.